The van der Waals surface area contributed by atoms with Gasteiger partial charge in [-0.3, -0.25) is 4.79 Å². The van der Waals surface area contributed by atoms with Gasteiger partial charge in [-0.1, -0.05) is 109 Å². The molecule has 1 heterocycles. The summed E-state index contributed by atoms with van der Waals surface area (Å²) in [7, 11) is 0. The van der Waals surface area contributed by atoms with Gasteiger partial charge in [0.15, 0.2) is 0 Å². The molecular formula is C43H45N3O3S. The molecule has 2 atom stereocenters. The van der Waals surface area contributed by atoms with Crippen molar-refractivity contribution in [2.24, 2.45) is 0 Å². The summed E-state index contributed by atoms with van der Waals surface area (Å²) in [4.78, 5) is 29.2. The highest BCUT2D eigenvalue weighted by Gasteiger charge is 2.46. The number of anilines is 2. The zero-order valence-corrected chi connectivity index (χ0v) is 30.2. The smallest absolute Gasteiger partial charge is 0.407 e. The monoisotopic (exact) mass is 683 g/mol. The Morgan fingerprint density at radius 3 is 1.86 bits per heavy atom. The van der Waals surface area contributed by atoms with Crippen LogP contribution in [0.2, 0.25) is 0 Å². The number of benzene rings is 5. The molecule has 6 rings (SSSR count). The molecule has 1 aliphatic heterocycles. The first-order chi connectivity index (χ1) is 24.0. The van der Waals surface area contributed by atoms with Gasteiger partial charge >= 0.3 is 6.09 Å². The molecule has 50 heavy (non-hydrogen) atoms. The number of carbonyl (C=O) groups excluding carboxylic acids is 2. The fourth-order valence-corrected chi connectivity index (χ4v) is 7.69. The van der Waals surface area contributed by atoms with Crippen LogP contribution in [0.3, 0.4) is 0 Å². The highest BCUT2D eigenvalue weighted by atomic mass is 32.1. The number of fused-ring (bicyclic) bond motifs is 1. The Labute approximate surface area is 301 Å². The van der Waals surface area contributed by atoms with E-state index in [9.17, 15) is 9.59 Å². The molecule has 1 aliphatic rings. The maximum absolute atomic E-state index is 13.8. The van der Waals surface area contributed by atoms with E-state index < -0.39 is 28.4 Å². The molecule has 0 bridgehead atoms. The number of nitrogens with zero attached hydrogens (tertiary/aromatic N) is 1. The van der Waals surface area contributed by atoms with E-state index in [1.807, 2.05) is 111 Å². The van der Waals surface area contributed by atoms with Crippen LogP contribution in [-0.2, 0) is 16.7 Å². The number of alkyl carbamates (subject to hydrolysis) is 1. The van der Waals surface area contributed by atoms with Crippen molar-refractivity contribution in [2.45, 2.75) is 63.5 Å². The second kappa shape index (κ2) is 14.5. The van der Waals surface area contributed by atoms with Crippen LogP contribution in [0.4, 0.5) is 16.2 Å². The van der Waals surface area contributed by atoms with Crippen molar-refractivity contribution in [3.8, 4) is 0 Å². The zero-order valence-electron chi connectivity index (χ0n) is 29.3. The van der Waals surface area contributed by atoms with Crippen molar-refractivity contribution in [3.05, 3.63) is 166 Å². The van der Waals surface area contributed by atoms with E-state index in [4.69, 9.17) is 17.4 Å². The number of hydrogen-bond donors (Lipinski definition) is 3. The summed E-state index contributed by atoms with van der Waals surface area (Å²) >= 11 is 5.48. The minimum Gasteiger partial charge on any atom is -0.444 e. The molecule has 2 N–H and O–H groups in total. The van der Waals surface area contributed by atoms with Crippen molar-refractivity contribution in [2.75, 3.05) is 16.8 Å². The molecular weight excluding hydrogens is 639 g/mol. The summed E-state index contributed by atoms with van der Waals surface area (Å²) in [5.74, 6) is -0.0240. The third-order valence-electron chi connectivity index (χ3n) is 9.56. The van der Waals surface area contributed by atoms with Crippen molar-refractivity contribution in [3.63, 3.8) is 0 Å². The van der Waals surface area contributed by atoms with Crippen molar-refractivity contribution in [1.29, 1.82) is 0 Å². The number of nitrogens with one attached hydrogen (secondary N) is 2. The van der Waals surface area contributed by atoms with Crippen LogP contribution in [0.15, 0.2) is 127 Å². The van der Waals surface area contributed by atoms with Gasteiger partial charge in [-0.2, -0.15) is 12.6 Å². The predicted molar refractivity (Wildman–Crippen MR) is 207 cm³/mol. The lowest BCUT2D eigenvalue weighted by Gasteiger charge is -2.44. The minimum atomic E-state index is -0.775. The number of carbonyl (C=O) groups is 2. The predicted octanol–water partition coefficient (Wildman–Crippen LogP) is 9.10. The van der Waals surface area contributed by atoms with Gasteiger partial charge in [-0.05, 0) is 80.6 Å². The lowest BCUT2D eigenvalue weighted by atomic mass is 9.65. The SMILES string of the molecule is Cc1cccc(N2Cc3c(NCC(NC(=O)OC(C)(C)C)C(S)C(c4ccccc4)(c4ccccc4)c4ccccc4)cccc3C2=O)c1C. The summed E-state index contributed by atoms with van der Waals surface area (Å²) in [6, 6.07) is 42.3. The van der Waals surface area contributed by atoms with E-state index in [1.54, 1.807) is 0 Å². The first-order valence-electron chi connectivity index (χ1n) is 17.1. The highest BCUT2D eigenvalue weighted by Crippen LogP contribution is 2.46. The van der Waals surface area contributed by atoms with Crippen molar-refractivity contribution < 1.29 is 14.3 Å². The van der Waals surface area contributed by atoms with Gasteiger partial charge in [0, 0.05) is 34.3 Å². The number of hydrogen-bond acceptors (Lipinski definition) is 5. The van der Waals surface area contributed by atoms with Crippen LogP contribution >= 0.6 is 12.6 Å². The quantitative estimate of drug-likeness (QED) is 0.102. The van der Waals surface area contributed by atoms with Crippen LogP contribution < -0.4 is 15.5 Å². The molecule has 6 nitrogen and oxygen atoms in total. The Bertz CT molecular complexity index is 1860. The maximum atomic E-state index is 13.8. The molecule has 0 saturated carbocycles. The van der Waals surface area contributed by atoms with Crippen molar-refractivity contribution in [1.82, 2.24) is 5.32 Å². The number of aryl methyl sites for hydroxylation is 1. The van der Waals surface area contributed by atoms with E-state index in [0.717, 1.165) is 44.8 Å². The molecule has 256 valence electrons. The fourth-order valence-electron chi connectivity index (χ4n) is 7.06. The number of amides is 2. The molecule has 0 radical (unpaired) electrons. The van der Waals surface area contributed by atoms with E-state index >= 15 is 0 Å². The minimum absolute atomic E-state index is 0.0240. The molecule has 0 saturated heterocycles. The van der Waals surface area contributed by atoms with Crippen LogP contribution in [0.25, 0.3) is 0 Å². The third-order valence-corrected chi connectivity index (χ3v) is 10.3. The average Bonchev–Trinajstić information content (AvgIpc) is 3.45. The Hall–Kier alpha value is -5.01. The fraction of sp³-hybridized carbons (Fsp3) is 0.256. The first kappa shape index (κ1) is 34.8. The summed E-state index contributed by atoms with van der Waals surface area (Å²) in [5.41, 5.74) is 7.23. The molecule has 2 unspecified atom stereocenters. The second-order valence-corrected chi connectivity index (χ2v) is 14.5. The third kappa shape index (κ3) is 6.88. The van der Waals surface area contributed by atoms with Gasteiger partial charge in [0.05, 0.1) is 18.0 Å². The van der Waals surface area contributed by atoms with Gasteiger partial charge in [0.25, 0.3) is 5.91 Å². The van der Waals surface area contributed by atoms with Crippen molar-refractivity contribution >= 4 is 36.0 Å². The van der Waals surface area contributed by atoms with E-state index in [2.05, 4.69) is 66.9 Å². The van der Waals surface area contributed by atoms with Gasteiger partial charge in [-0.15, -0.1) is 0 Å². The number of ether oxygens (including phenoxy) is 1. The largest absolute Gasteiger partial charge is 0.444 e. The van der Waals surface area contributed by atoms with Gasteiger partial charge in [0.2, 0.25) is 0 Å². The molecule has 0 aliphatic carbocycles. The first-order valence-corrected chi connectivity index (χ1v) is 17.6. The van der Waals surface area contributed by atoms with Crippen LogP contribution in [0.5, 0.6) is 0 Å². The molecule has 0 aromatic heterocycles. The Morgan fingerprint density at radius 1 is 0.780 bits per heavy atom. The zero-order chi connectivity index (χ0) is 35.5. The summed E-state index contributed by atoms with van der Waals surface area (Å²) in [5, 5.41) is 6.36. The van der Waals surface area contributed by atoms with Crippen LogP contribution in [0.1, 0.15) is 64.5 Å². The standard InChI is InChI=1S/C43H45N3O3S/c1-29-17-15-26-38(30(29)2)46-28-35-34(40(46)47)24-16-25-36(35)44-27-37(45-41(48)49-42(3,4)5)39(50)43(31-18-9-6-10-19-31,32-20-11-7-12-21-32)33-22-13-8-14-23-33/h6-26,37,39,44,50H,27-28H2,1-5H3,(H,45,48). The lowest BCUT2D eigenvalue weighted by Crippen LogP contribution is -2.55. The van der Waals surface area contributed by atoms with E-state index in [0.29, 0.717) is 18.7 Å². The van der Waals surface area contributed by atoms with Gasteiger partial charge < -0.3 is 20.3 Å². The lowest BCUT2D eigenvalue weighted by molar-refractivity contribution is 0.0503. The molecule has 0 spiro atoms. The topological polar surface area (TPSA) is 70.7 Å². The summed E-state index contributed by atoms with van der Waals surface area (Å²) < 4.78 is 5.81. The summed E-state index contributed by atoms with van der Waals surface area (Å²) in [6.45, 7) is 10.4. The van der Waals surface area contributed by atoms with E-state index in [1.165, 1.54) is 0 Å². The molecule has 5 aromatic rings. The Balaban J connectivity index is 1.42. The van der Waals surface area contributed by atoms with Gasteiger partial charge in [0.1, 0.15) is 5.60 Å². The highest BCUT2D eigenvalue weighted by molar-refractivity contribution is 7.81. The van der Waals surface area contributed by atoms with Gasteiger partial charge in [-0.25, -0.2) is 4.79 Å². The van der Waals surface area contributed by atoms with Crippen LogP contribution in [0, 0.1) is 13.8 Å². The molecule has 2 amide bonds. The Morgan fingerprint density at radius 2 is 1.32 bits per heavy atom. The van der Waals surface area contributed by atoms with E-state index in [-0.39, 0.29) is 5.91 Å². The normalized spacial score (nSPS) is 14.1. The maximum Gasteiger partial charge on any atom is 0.407 e. The number of thiol groups is 1. The Kier molecular flexibility index (Phi) is 10.1. The van der Waals surface area contributed by atoms with Crippen LogP contribution in [-0.4, -0.2) is 35.4 Å². The molecule has 0 fully saturated rings. The average molecular weight is 684 g/mol. The number of rotatable bonds is 10. The second-order valence-electron chi connectivity index (χ2n) is 13.9. The molecule has 7 heteroatoms. The molecule has 5 aromatic carbocycles. The summed E-state index contributed by atoms with van der Waals surface area (Å²) in [6.07, 6.45) is -0.527.